The molecule has 0 aliphatic rings. The number of phenols is 2. The molecule has 0 aliphatic carbocycles. The first-order chi connectivity index (χ1) is 12.9. The van der Waals surface area contributed by atoms with Crippen molar-refractivity contribution in [2.75, 3.05) is 14.2 Å². The molecule has 0 aromatic heterocycles. The molecule has 2 aromatic rings. The Labute approximate surface area is 158 Å². The first-order valence-electron chi connectivity index (χ1n) is 8.72. The van der Waals surface area contributed by atoms with Crippen molar-refractivity contribution in [3.63, 3.8) is 0 Å². The molecule has 2 rings (SSSR count). The molecule has 0 fully saturated rings. The monoisotopic (exact) mass is 372 g/mol. The maximum Gasteiger partial charge on any atom is 0.166 e. The minimum Gasteiger partial charge on any atom is -0.507 e. The largest absolute Gasteiger partial charge is 0.507 e. The smallest absolute Gasteiger partial charge is 0.166 e. The molecule has 0 atom stereocenters. The van der Waals surface area contributed by atoms with Crippen LogP contribution in [0.3, 0.4) is 0 Å². The fourth-order valence-electron chi connectivity index (χ4n) is 2.92. The number of benzene rings is 2. The number of phenolic OH excluding ortho intramolecular Hbond substituents is 2. The molecule has 0 radical (unpaired) electrons. The molecule has 0 amide bonds. The summed E-state index contributed by atoms with van der Waals surface area (Å²) in [7, 11) is 2.94. The zero-order valence-electron chi connectivity index (χ0n) is 16.0. The van der Waals surface area contributed by atoms with Crippen molar-refractivity contribution in [3.05, 3.63) is 46.5 Å². The second-order valence-electron chi connectivity index (χ2n) is 6.09. The van der Waals surface area contributed by atoms with Gasteiger partial charge in [0.15, 0.2) is 11.6 Å². The van der Waals surface area contributed by atoms with Gasteiger partial charge in [0.2, 0.25) is 0 Å². The van der Waals surface area contributed by atoms with Crippen molar-refractivity contribution in [3.8, 4) is 23.0 Å². The van der Waals surface area contributed by atoms with Crippen molar-refractivity contribution in [2.45, 2.75) is 33.1 Å². The van der Waals surface area contributed by atoms with Crippen molar-refractivity contribution in [1.29, 1.82) is 0 Å². The highest BCUT2D eigenvalue weighted by molar-refractivity contribution is 5.99. The van der Waals surface area contributed by atoms with E-state index in [9.17, 15) is 19.8 Å². The van der Waals surface area contributed by atoms with Crippen molar-refractivity contribution in [2.24, 2.45) is 0 Å². The molecule has 0 heterocycles. The minimum absolute atomic E-state index is 0.137. The van der Waals surface area contributed by atoms with E-state index in [1.54, 1.807) is 26.0 Å². The third-order valence-electron chi connectivity index (χ3n) is 4.42. The number of Topliss-reactive ketones (excluding diaryl/α,β-unsaturated/α-hetero) is 2. The molecule has 0 saturated heterocycles. The second-order valence-corrected chi connectivity index (χ2v) is 6.09. The second kappa shape index (κ2) is 8.58. The lowest BCUT2D eigenvalue weighted by Crippen LogP contribution is -2.04. The van der Waals surface area contributed by atoms with Gasteiger partial charge in [0, 0.05) is 31.4 Å². The van der Waals surface area contributed by atoms with Crippen LogP contribution in [-0.2, 0) is 6.42 Å². The number of carbonyl (C=O) groups is 2. The van der Waals surface area contributed by atoms with Crippen molar-refractivity contribution in [1.82, 2.24) is 0 Å². The van der Waals surface area contributed by atoms with E-state index in [1.807, 2.05) is 0 Å². The van der Waals surface area contributed by atoms with Gasteiger partial charge in [-0.25, -0.2) is 0 Å². The van der Waals surface area contributed by atoms with Crippen LogP contribution < -0.4 is 9.47 Å². The Kier molecular flexibility index (Phi) is 6.45. The Morgan fingerprint density at radius 3 is 1.44 bits per heavy atom. The third kappa shape index (κ3) is 4.22. The van der Waals surface area contributed by atoms with E-state index in [0.29, 0.717) is 29.0 Å². The molecule has 0 spiro atoms. The third-order valence-corrected chi connectivity index (χ3v) is 4.42. The fourth-order valence-corrected chi connectivity index (χ4v) is 2.92. The number of ketones is 2. The van der Waals surface area contributed by atoms with E-state index in [-0.39, 0.29) is 47.0 Å². The van der Waals surface area contributed by atoms with E-state index in [1.165, 1.54) is 26.4 Å². The first kappa shape index (κ1) is 20.3. The molecule has 0 unspecified atom stereocenters. The number of hydrogen-bond acceptors (Lipinski definition) is 6. The lowest BCUT2D eigenvalue weighted by atomic mass is 9.95. The Bertz CT molecular complexity index is 798. The Morgan fingerprint density at radius 2 is 1.15 bits per heavy atom. The number of aromatic hydroxyl groups is 2. The van der Waals surface area contributed by atoms with Crippen LogP contribution in [0.2, 0.25) is 0 Å². The molecule has 6 heteroatoms. The van der Waals surface area contributed by atoms with Gasteiger partial charge >= 0.3 is 0 Å². The van der Waals surface area contributed by atoms with Gasteiger partial charge in [-0.2, -0.15) is 0 Å². The number of carbonyl (C=O) groups excluding carboxylic acids is 2. The van der Waals surface area contributed by atoms with Crippen LogP contribution in [0.25, 0.3) is 0 Å². The Hall–Kier alpha value is -3.02. The Balaban J connectivity index is 2.58. The molecular formula is C21H24O6. The summed E-state index contributed by atoms with van der Waals surface area (Å²) in [6, 6.07) is 5.99. The summed E-state index contributed by atoms with van der Waals surface area (Å²) in [6.45, 7) is 3.44. The Morgan fingerprint density at radius 1 is 0.778 bits per heavy atom. The van der Waals surface area contributed by atoms with Crippen LogP contribution in [0, 0.1) is 0 Å². The van der Waals surface area contributed by atoms with Gasteiger partial charge in [-0.3, -0.25) is 9.59 Å². The van der Waals surface area contributed by atoms with E-state index < -0.39 is 0 Å². The van der Waals surface area contributed by atoms with Crippen LogP contribution in [0.5, 0.6) is 23.0 Å². The van der Waals surface area contributed by atoms with Crippen LogP contribution >= 0.6 is 0 Å². The van der Waals surface area contributed by atoms with E-state index in [4.69, 9.17) is 9.47 Å². The summed E-state index contributed by atoms with van der Waals surface area (Å²) in [4.78, 5) is 24.2. The van der Waals surface area contributed by atoms with Crippen molar-refractivity contribution >= 4 is 11.6 Å². The molecule has 27 heavy (non-hydrogen) atoms. The number of rotatable bonds is 8. The van der Waals surface area contributed by atoms with Crippen LogP contribution in [-0.4, -0.2) is 36.0 Å². The highest BCUT2D eigenvalue weighted by atomic mass is 16.5. The van der Waals surface area contributed by atoms with Gasteiger partial charge in [-0.15, -0.1) is 0 Å². The standard InChI is InChI=1S/C21H24O6/c1-5-16(22)14-8-12(20(26-3)10-18(14)24)7-13-9-15(17(23)6-2)19(25)11-21(13)27-4/h8-11,24-25H,5-7H2,1-4H3. The minimum atomic E-state index is -0.184. The zero-order chi connectivity index (χ0) is 20.1. The van der Waals surface area contributed by atoms with Crippen LogP contribution in [0.4, 0.5) is 0 Å². The fraction of sp³-hybridized carbons (Fsp3) is 0.333. The summed E-state index contributed by atoms with van der Waals surface area (Å²) in [5.41, 5.74) is 1.75. The predicted molar refractivity (Wildman–Crippen MR) is 101 cm³/mol. The maximum absolute atomic E-state index is 12.1. The van der Waals surface area contributed by atoms with Crippen LogP contribution in [0.15, 0.2) is 24.3 Å². The lowest BCUT2D eigenvalue weighted by Gasteiger charge is -2.15. The normalized spacial score (nSPS) is 10.5. The highest BCUT2D eigenvalue weighted by Gasteiger charge is 2.19. The average Bonchev–Trinajstić information content (AvgIpc) is 2.68. The highest BCUT2D eigenvalue weighted by Crippen LogP contribution is 2.35. The molecule has 144 valence electrons. The summed E-state index contributed by atoms with van der Waals surface area (Å²) in [6.07, 6.45) is 0.814. The average molecular weight is 372 g/mol. The molecule has 6 nitrogen and oxygen atoms in total. The van der Waals surface area contributed by atoms with E-state index in [2.05, 4.69) is 0 Å². The number of hydrogen-bond donors (Lipinski definition) is 2. The van der Waals surface area contributed by atoms with Gasteiger partial charge in [0.1, 0.15) is 23.0 Å². The van der Waals surface area contributed by atoms with Gasteiger partial charge in [0.25, 0.3) is 0 Å². The van der Waals surface area contributed by atoms with Gasteiger partial charge < -0.3 is 19.7 Å². The summed E-state index contributed by atoms with van der Waals surface area (Å²) in [5, 5.41) is 20.2. The molecule has 0 bridgehead atoms. The molecule has 2 N–H and O–H groups in total. The van der Waals surface area contributed by atoms with E-state index >= 15 is 0 Å². The number of methoxy groups -OCH3 is 2. The summed E-state index contributed by atoms with van der Waals surface area (Å²) >= 11 is 0. The predicted octanol–water partition coefficient (Wildman–Crippen LogP) is 3.89. The van der Waals surface area contributed by atoms with Crippen LogP contribution in [0.1, 0.15) is 58.5 Å². The number of ether oxygens (including phenoxy) is 2. The molecular weight excluding hydrogens is 348 g/mol. The SMILES string of the molecule is CCC(=O)c1cc(Cc2cc(C(=O)CC)c(O)cc2OC)c(OC)cc1O. The molecule has 2 aromatic carbocycles. The summed E-state index contributed by atoms with van der Waals surface area (Å²) < 4.78 is 10.7. The zero-order valence-corrected chi connectivity index (χ0v) is 16.0. The lowest BCUT2D eigenvalue weighted by molar-refractivity contribution is 0.0977. The molecule has 0 saturated carbocycles. The molecule has 0 aliphatic heterocycles. The summed E-state index contributed by atoms with van der Waals surface area (Å²) in [5.74, 6) is 0.188. The van der Waals surface area contributed by atoms with Crippen molar-refractivity contribution < 1.29 is 29.3 Å². The topological polar surface area (TPSA) is 93.1 Å². The van der Waals surface area contributed by atoms with E-state index in [0.717, 1.165) is 0 Å². The quantitative estimate of drug-likeness (QED) is 0.683. The van der Waals surface area contributed by atoms with Gasteiger partial charge in [-0.1, -0.05) is 13.8 Å². The van der Waals surface area contributed by atoms with Gasteiger partial charge in [-0.05, 0) is 23.3 Å². The van der Waals surface area contributed by atoms with Gasteiger partial charge in [0.05, 0.1) is 25.3 Å². The first-order valence-corrected chi connectivity index (χ1v) is 8.72. The maximum atomic E-state index is 12.1.